The van der Waals surface area contributed by atoms with Crippen LogP contribution in [0.3, 0.4) is 0 Å². The Labute approximate surface area is 92.2 Å². The van der Waals surface area contributed by atoms with Crippen LogP contribution in [-0.2, 0) is 9.47 Å². The highest BCUT2D eigenvalue weighted by molar-refractivity contribution is 4.80. The average Bonchev–Trinajstić information content (AvgIpc) is 2.13. The van der Waals surface area contributed by atoms with Gasteiger partial charge in [-0.2, -0.15) is 0 Å². The fourth-order valence-corrected chi connectivity index (χ4v) is 1.87. The van der Waals surface area contributed by atoms with E-state index in [9.17, 15) is 5.11 Å². The minimum atomic E-state index is -0.390. The summed E-state index contributed by atoms with van der Waals surface area (Å²) in [5.74, 6) is 0. The molecule has 1 aliphatic rings. The molecular formula is C11H23NO3. The van der Waals surface area contributed by atoms with Gasteiger partial charge in [-0.3, -0.25) is 4.90 Å². The highest BCUT2D eigenvalue weighted by Crippen LogP contribution is 2.16. The van der Waals surface area contributed by atoms with Gasteiger partial charge in [0.1, 0.15) is 0 Å². The molecule has 0 bridgehead atoms. The summed E-state index contributed by atoms with van der Waals surface area (Å²) in [6.45, 7) is 10.4. The predicted molar refractivity (Wildman–Crippen MR) is 59.0 cm³/mol. The van der Waals surface area contributed by atoms with Crippen LogP contribution in [0, 0.1) is 0 Å². The number of hydrogen-bond donors (Lipinski definition) is 1. The van der Waals surface area contributed by atoms with Gasteiger partial charge in [0.15, 0.2) is 0 Å². The lowest BCUT2D eigenvalue weighted by molar-refractivity contribution is -0.0969. The molecule has 1 fully saturated rings. The summed E-state index contributed by atoms with van der Waals surface area (Å²) in [6, 6.07) is 0. The molecule has 0 aromatic carbocycles. The number of hydrogen-bond acceptors (Lipinski definition) is 4. The molecule has 1 rings (SSSR count). The maximum absolute atomic E-state index is 9.70. The van der Waals surface area contributed by atoms with Crippen LogP contribution in [0.1, 0.15) is 20.8 Å². The molecule has 1 atom stereocenters. The Bertz CT molecular complexity index is 185. The Hall–Kier alpha value is -0.160. The van der Waals surface area contributed by atoms with Crippen molar-refractivity contribution in [2.75, 3.05) is 39.5 Å². The van der Waals surface area contributed by atoms with E-state index in [4.69, 9.17) is 9.47 Å². The molecule has 0 saturated carbocycles. The van der Waals surface area contributed by atoms with Crippen LogP contribution in [0.15, 0.2) is 0 Å². The minimum absolute atomic E-state index is 0.0937. The second kappa shape index (κ2) is 5.80. The van der Waals surface area contributed by atoms with E-state index in [1.807, 2.05) is 6.92 Å². The van der Waals surface area contributed by atoms with Crippen LogP contribution in [-0.4, -0.2) is 61.2 Å². The van der Waals surface area contributed by atoms with E-state index >= 15 is 0 Å². The van der Waals surface area contributed by atoms with E-state index in [-0.39, 0.29) is 11.7 Å². The van der Waals surface area contributed by atoms with Crippen molar-refractivity contribution in [2.45, 2.75) is 32.5 Å². The summed E-state index contributed by atoms with van der Waals surface area (Å²) in [4.78, 5) is 2.23. The van der Waals surface area contributed by atoms with Gasteiger partial charge in [-0.25, -0.2) is 0 Å². The van der Waals surface area contributed by atoms with Crippen molar-refractivity contribution in [3.63, 3.8) is 0 Å². The molecule has 4 nitrogen and oxygen atoms in total. The van der Waals surface area contributed by atoms with Gasteiger partial charge in [-0.15, -0.1) is 0 Å². The first-order valence-corrected chi connectivity index (χ1v) is 5.65. The summed E-state index contributed by atoms with van der Waals surface area (Å²) in [7, 11) is 0. The second-order valence-corrected chi connectivity index (χ2v) is 4.66. The van der Waals surface area contributed by atoms with Crippen molar-refractivity contribution in [3.05, 3.63) is 0 Å². The van der Waals surface area contributed by atoms with Gasteiger partial charge in [0.25, 0.3) is 0 Å². The molecule has 1 aliphatic heterocycles. The Balaban J connectivity index is 2.25. The van der Waals surface area contributed by atoms with Crippen LogP contribution in [0.4, 0.5) is 0 Å². The van der Waals surface area contributed by atoms with E-state index in [2.05, 4.69) is 18.7 Å². The van der Waals surface area contributed by atoms with E-state index < -0.39 is 0 Å². The predicted octanol–water partition coefficient (Wildman–Crippen LogP) is 0.495. The molecule has 90 valence electrons. The molecule has 4 heteroatoms. The first kappa shape index (κ1) is 12.9. The van der Waals surface area contributed by atoms with Crippen molar-refractivity contribution in [1.29, 1.82) is 0 Å². The lowest BCUT2D eigenvalue weighted by atomic mass is 10.1. The Kier molecular flexibility index (Phi) is 4.99. The standard InChI is InChI=1S/C11H23NO3/c1-4-14-8-10(13)7-12-5-6-15-11(2,3)9-12/h10,13H,4-9H2,1-3H3. The van der Waals surface area contributed by atoms with Crippen LogP contribution in [0.25, 0.3) is 0 Å². The third-order valence-electron chi connectivity index (χ3n) is 2.49. The lowest BCUT2D eigenvalue weighted by Gasteiger charge is -2.38. The number of nitrogens with zero attached hydrogens (tertiary/aromatic N) is 1. The number of aliphatic hydroxyl groups is 1. The summed E-state index contributed by atoms with van der Waals surface area (Å²) < 4.78 is 10.8. The molecule has 0 aromatic rings. The number of β-amino-alcohol motifs (C(OH)–C–C–N with tert-alkyl or cyclic N) is 1. The lowest BCUT2D eigenvalue weighted by Crippen LogP contribution is -2.50. The monoisotopic (exact) mass is 217 g/mol. The highest BCUT2D eigenvalue weighted by Gasteiger charge is 2.27. The normalized spacial score (nSPS) is 24.0. The summed E-state index contributed by atoms with van der Waals surface area (Å²) >= 11 is 0. The molecule has 0 amide bonds. The van der Waals surface area contributed by atoms with Gasteiger partial charge >= 0.3 is 0 Å². The maximum atomic E-state index is 9.70. The first-order chi connectivity index (χ1) is 7.03. The van der Waals surface area contributed by atoms with Gasteiger partial charge in [-0.1, -0.05) is 0 Å². The Morgan fingerprint density at radius 3 is 2.87 bits per heavy atom. The van der Waals surface area contributed by atoms with E-state index in [0.29, 0.717) is 19.8 Å². The Morgan fingerprint density at radius 1 is 1.53 bits per heavy atom. The highest BCUT2D eigenvalue weighted by atomic mass is 16.5. The van der Waals surface area contributed by atoms with Crippen molar-refractivity contribution < 1.29 is 14.6 Å². The van der Waals surface area contributed by atoms with Gasteiger partial charge in [0, 0.05) is 26.2 Å². The maximum Gasteiger partial charge on any atom is 0.0900 e. The molecule has 1 heterocycles. The zero-order chi connectivity index (χ0) is 11.3. The van der Waals surface area contributed by atoms with Gasteiger partial charge in [0.05, 0.1) is 24.9 Å². The van der Waals surface area contributed by atoms with Crippen molar-refractivity contribution >= 4 is 0 Å². The van der Waals surface area contributed by atoms with Crippen molar-refractivity contribution in [1.82, 2.24) is 4.90 Å². The van der Waals surface area contributed by atoms with Gasteiger partial charge in [0.2, 0.25) is 0 Å². The molecule has 15 heavy (non-hydrogen) atoms. The summed E-state index contributed by atoms with van der Waals surface area (Å²) in [5.41, 5.74) is -0.0937. The van der Waals surface area contributed by atoms with E-state index in [0.717, 1.165) is 19.7 Å². The zero-order valence-corrected chi connectivity index (χ0v) is 10.0. The SMILES string of the molecule is CCOCC(O)CN1CCOC(C)(C)C1. The topological polar surface area (TPSA) is 41.9 Å². The first-order valence-electron chi connectivity index (χ1n) is 5.65. The van der Waals surface area contributed by atoms with Crippen LogP contribution in [0.5, 0.6) is 0 Å². The second-order valence-electron chi connectivity index (χ2n) is 4.66. The van der Waals surface area contributed by atoms with Crippen LogP contribution < -0.4 is 0 Å². The molecule has 1 unspecified atom stereocenters. The molecule has 0 radical (unpaired) electrons. The van der Waals surface area contributed by atoms with Gasteiger partial charge < -0.3 is 14.6 Å². The van der Waals surface area contributed by atoms with Crippen molar-refractivity contribution in [2.24, 2.45) is 0 Å². The smallest absolute Gasteiger partial charge is 0.0900 e. The molecule has 1 saturated heterocycles. The molecular weight excluding hydrogens is 194 g/mol. The van der Waals surface area contributed by atoms with Crippen LogP contribution >= 0.6 is 0 Å². The number of morpholine rings is 1. The third-order valence-corrected chi connectivity index (χ3v) is 2.49. The quantitative estimate of drug-likeness (QED) is 0.728. The molecule has 1 N–H and O–H groups in total. The zero-order valence-electron chi connectivity index (χ0n) is 10.0. The van der Waals surface area contributed by atoms with E-state index in [1.54, 1.807) is 0 Å². The third kappa shape index (κ3) is 4.93. The van der Waals surface area contributed by atoms with Crippen LogP contribution in [0.2, 0.25) is 0 Å². The van der Waals surface area contributed by atoms with Crippen molar-refractivity contribution in [3.8, 4) is 0 Å². The molecule has 0 spiro atoms. The number of ether oxygens (including phenoxy) is 2. The summed E-state index contributed by atoms with van der Waals surface area (Å²) in [6.07, 6.45) is -0.390. The number of rotatable bonds is 5. The van der Waals surface area contributed by atoms with E-state index in [1.165, 1.54) is 0 Å². The summed E-state index contributed by atoms with van der Waals surface area (Å²) in [5, 5.41) is 9.70. The average molecular weight is 217 g/mol. The largest absolute Gasteiger partial charge is 0.389 e. The minimum Gasteiger partial charge on any atom is -0.389 e. The fraction of sp³-hybridized carbons (Fsp3) is 1.00. The number of aliphatic hydroxyl groups excluding tert-OH is 1. The molecule has 0 aliphatic carbocycles. The molecule has 0 aromatic heterocycles. The fourth-order valence-electron chi connectivity index (χ4n) is 1.87. The Morgan fingerprint density at radius 2 is 2.27 bits per heavy atom. The van der Waals surface area contributed by atoms with Gasteiger partial charge in [-0.05, 0) is 20.8 Å².